The lowest BCUT2D eigenvalue weighted by Crippen LogP contribution is -1.93. The lowest BCUT2D eigenvalue weighted by molar-refractivity contribution is 0.407. The van der Waals surface area contributed by atoms with E-state index in [9.17, 15) is 0 Å². The molecule has 0 aromatic heterocycles. The largest absolute Gasteiger partial charge is 0.496 e. The molecule has 1 aliphatic rings. The molecule has 0 saturated carbocycles. The molecule has 2 rings (SSSR count). The van der Waals surface area contributed by atoms with E-state index in [4.69, 9.17) is 16.3 Å². The lowest BCUT2D eigenvalue weighted by atomic mass is 10.0. The van der Waals surface area contributed by atoms with Gasteiger partial charge in [-0.1, -0.05) is 19.1 Å². The van der Waals surface area contributed by atoms with E-state index in [1.54, 1.807) is 7.11 Å². The first kappa shape index (κ1) is 8.89. The summed E-state index contributed by atoms with van der Waals surface area (Å²) in [5, 5.41) is 0.167. The molecule has 0 fully saturated rings. The number of hydrogen-bond donors (Lipinski definition) is 0. The number of hydrogen-bond acceptors (Lipinski definition) is 1. The van der Waals surface area contributed by atoms with Crippen molar-refractivity contribution in [3.8, 4) is 5.75 Å². The van der Waals surface area contributed by atoms with E-state index in [-0.39, 0.29) is 5.38 Å². The normalized spacial score (nSPS) is 25.8. The van der Waals surface area contributed by atoms with E-state index in [1.807, 2.05) is 12.1 Å². The van der Waals surface area contributed by atoms with Crippen LogP contribution < -0.4 is 4.74 Å². The third kappa shape index (κ3) is 1.31. The minimum absolute atomic E-state index is 0.167. The van der Waals surface area contributed by atoms with Gasteiger partial charge in [0, 0.05) is 5.56 Å². The molecule has 0 amide bonds. The molecule has 2 heteroatoms. The third-order valence-electron chi connectivity index (χ3n) is 2.71. The number of benzene rings is 1. The van der Waals surface area contributed by atoms with Crippen molar-refractivity contribution in [2.45, 2.75) is 24.6 Å². The third-order valence-corrected chi connectivity index (χ3v) is 3.12. The maximum atomic E-state index is 6.21. The van der Waals surface area contributed by atoms with E-state index in [1.165, 1.54) is 11.1 Å². The Kier molecular flexibility index (Phi) is 2.20. The van der Waals surface area contributed by atoms with Gasteiger partial charge in [-0.05, 0) is 24.0 Å². The number of fused-ring (bicyclic) bond motifs is 1. The molecule has 0 bridgehead atoms. The van der Waals surface area contributed by atoms with Crippen LogP contribution in [0.15, 0.2) is 18.2 Å². The standard InChI is InChI=1S/C11H13ClO/c1-7-6-9(12)8-4-3-5-10(13-2)11(7)8/h3-5,7,9H,6H2,1-2H3. The van der Waals surface area contributed by atoms with Crippen LogP contribution in [0.4, 0.5) is 0 Å². The minimum atomic E-state index is 0.167. The second-order valence-corrected chi connectivity index (χ2v) is 4.09. The molecule has 2 unspecified atom stereocenters. The second-order valence-electron chi connectivity index (χ2n) is 3.57. The van der Waals surface area contributed by atoms with Gasteiger partial charge in [-0.15, -0.1) is 11.6 Å². The van der Waals surface area contributed by atoms with Crippen LogP contribution in [-0.2, 0) is 0 Å². The first-order chi connectivity index (χ1) is 6.24. The van der Waals surface area contributed by atoms with Gasteiger partial charge in [-0.3, -0.25) is 0 Å². The Hall–Kier alpha value is -0.690. The van der Waals surface area contributed by atoms with E-state index in [2.05, 4.69) is 13.0 Å². The van der Waals surface area contributed by atoms with Crippen molar-refractivity contribution < 1.29 is 4.74 Å². The molecule has 2 atom stereocenters. The molecule has 13 heavy (non-hydrogen) atoms. The summed E-state index contributed by atoms with van der Waals surface area (Å²) in [5.41, 5.74) is 2.54. The Morgan fingerprint density at radius 1 is 1.46 bits per heavy atom. The first-order valence-corrected chi connectivity index (χ1v) is 4.98. The van der Waals surface area contributed by atoms with Gasteiger partial charge in [0.05, 0.1) is 12.5 Å². The topological polar surface area (TPSA) is 9.23 Å². The zero-order valence-electron chi connectivity index (χ0n) is 7.88. The lowest BCUT2D eigenvalue weighted by Gasteiger charge is -2.10. The number of ether oxygens (including phenoxy) is 1. The molecular formula is C11H13ClO. The van der Waals surface area contributed by atoms with Gasteiger partial charge in [0.25, 0.3) is 0 Å². The van der Waals surface area contributed by atoms with Gasteiger partial charge in [0.15, 0.2) is 0 Å². The van der Waals surface area contributed by atoms with Crippen molar-refractivity contribution in [1.29, 1.82) is 0 Å². The molecule has 1 nitrogen and oxygen atoms in total. The first-order valence-electron chi connectivity index (χ1n) is 4.55. The minimum Gasteiger partial charge on any atom is -0.496 e. The van der Waals surface area contributed by atoms with Gasteiger partial charge < -0.3 is 4.74 Å². The van der Waals surface area contributed by atoms with Crippen LogP contribution in [0.2, 0.25) is 0 Å². The number of rotatable bonds is 1. The van der Waals surface area contributed by atoms with Gasteiger partial charge in [-0.2, -0.15) is 0 Å². The number of methoxy groups -OCH3 is 1. The zero-order valence-corrected chi connectivity index (χ0v) is 8.64. The van der Waals surface area contributed by atoms with Crippen LogP contribution in [0.3, 0.4) is 0 Å². The number of alkyl halides is 1. The Labute approximate surface area is 83.7 Å². The Balaban J connectivity index is 2.55. The Morgan fingerprint density at radius 2 is 2.23 bits per heavy atom. The van der Waals surface area contributed by atoms with Crippen LogP contribution in [0.5, 0.6) is 5.75 Å². The summed E-state index contributed by atoms with van der Waals surface area (Å²) in [6.07, 6.45) is 1.03. The fourth-order valence-electron chi connectivity index (χ4n) is 2.09. The molecule has 1 aromatic rings. The zero-order chi connectivity index (χ0) is 9.42. The molecule has 0 saturated heterocycles. The molecule has 70 valence electrons. The quantitative estimate of drug-likeness (QED) is 0.625. The summed E-state index contributed by atoms with van der Waals surface area (Å²) in [6.45, 7) is 2.20. The van der Waals surface area contributed by atoms with Crippen molar-refractivity contribution in [3.63, 3.8) is 0 Å². The van der Waals surface area contributed by atoms with Gasteiger partial charge in [0.2, 0.25) is 0 Å². The van der Waals surface area contributed by atoms with E-state index >= 15 is 0 Å². The highest BCUT2D eigenvalue weighted by molar-refractivity contribution is 6.21. The summed E-state index contributed by atoms with van der Waals surface area (Å²) in [6, 6.07) is 6.11. The van der Waals surface area contributed by atoms with Crippen molar-refractivity contribution in [1.82, 2.24) is 0 Å². The highest BCUT2D eigenvalue weighted by Crippen LogP contribution is 2.47. The van der Waals surface area contributed by atoms with E-state index in [0.717, 1.165) is 12.2 Å². The Bertz CT molecular complexity index is 322. The molecular weight excluding hydrogens is 184 g/mol. The van der Waals surface area contributed by atoms with Crippen LogP contribution in [0.1, 0.15) is 35.8 Å². The van der Waals surface area contributed by atoms with Crippen molar-refractivity contribution in [3.05, 3.63) is 29.3 Å². The molecule has 1 aliphatic carbocycles. The fourth-order valence-corrected chi connectivity index (χ4v) is 2.55. The van der Waals surface area contributed by atoms with Gasteiger partial charge in [0.1, 0.15) is 5.75 Å². The second kappa shape index (κ2) is 3.22. The van der Waals surface area contributed by atoms with Crippen LogP contribution >= 0.6 is 11.6 Å². The van der Waals surface area contributed by atoms with Crippen LogP contribution in [-0.4, -0.2) is 7.11 Å². The highest BCUT2D eigenvalue weighted by atomic mass is 35.5. The average molecular weight is 197 g/mol. The van der Waals surface area contributed by atoms with E-state index < -0.39 is 0 Å². The summed E-state index contributed by atoms with van der Waals surface area (Å²) in [4.78, 5) is 0. The van der Waals surface area contributed by atoms with Crippen molar-refractivity contribution >= 4 is 11.6 Å². The summed E-state index contributed by atoms with van der Waals surface area (Å²) in [7, 11) is 1.71. The van der Waals surface area contributed by atoms with Crippen molar-refractivity contribution in [2.75, 3.05) is 7.11 Å². The molecule has 0 heterocycles. The molecule has 0 spiro atoms. The average Bonchev–Trinajstić information content (AvgIpc) is 2.43. The van der Waals surface area contributed by atoms with Crippen LogP contribution in [0, 0.1) is 0 Å². The summed E-state index contributed by atoms with van der Waals surface area (Å²) in [5.74, 6) is 1.50. The molecule has 0 radical (unpaired) electrons. The summed E-state index contributed by atoms with van der Waals surface area (Å²) >= 11 is 6.21. The van der Waals surface area contributed by atoms with Gasteiger partial charge in [-0.25, -0.2) is 0 Å². The predicted molar refractivity (Wildman–Crippen MR) is 54.6 cm³/mol. The monoisotopic (exact) mass is 196 g/mol. The maximum Gasteiger partial charge on any atom is 0.122 e. The maximum absolute atomic E-state index is 6.21. The predicted octanol–water partition coefficient (Wildman–Crippen LogP) is 3.48. The van der Waals surface area contributed by atoms with E-state index in [0.29, 0.717) is 5.92 Å². The van der Waals surface area contributed by atoms with Crippen molar-refractivity contribution in [2.24, 2.45) is 0 Å². The molecule has 0 aliphatic heterocycles. The molecule has 1 aromatic carbocycles. The Morgan fingerprint density at radius 3 is 2.92 bits per heavy atom. The smallest absolute Gasteiger partial charge is 0.122 e. The SMILES string of the molecule is COc1cccc2c1C(C)CC2Cl. The summed E-state index contributed by atoms with van der Waals surface area (Å²) < 4.78 is 5.32. The fraction of sp³-hybridized carbons (Fsp3) is 0.455. The van der Waals surface area contributed by atoms with Gasteiger partial charge >= 0.3 is 0 Å². The van der Waals surface area contributed by atoms with Crippen LogP contribution in [0.25, 0.3) is 0 Å². The molecule has 0 N–H and O–H groups in total. The number of halogens is 1. The highest BCUT2D eigenvalue weighted by Gasteiger charge is 2.29.